The number of furan rings is 1. The van der Waals surface area contributed by atoms with E-state index >= 15 is 0 Å². The van der Waals surface area contributed by atoms with Crippen molar-refractivity contribution in [1.29, 1.82) is 0 Å². The summed E-state index contributed by atoms with van der Waals surface area (Å²) < 4.78 is 5.29. The largest absolute Gasteiger partial charge is 0.478 e. The molecule has 2 N–H and O–H groups in total. The lowest BCUT2D eigenvalue weighted by atomic mass is 10.1. The van der Waals surface area contributed by atoms with Crippen molar-refractivity contribution in [2.24, 2.45) is 0 Å². The number of rotatable bonds is 5. The molecule has 0 unspecified atom stereocenters. The Morgan fingerprint density at radius 3 is 2.89 bits per heavy atom. The number of hydrogen-bond acceptors (Lipinski definition) is 3. The topological polar surface area (TPSA) is 62.5 Å². The van der Waals surface area contributed by atoms with Gasteiger partial charge in [0, 0.05) is 6.54 Å². The van der Waals surface area contributed by atoms with Crippen molar-refractivity contribution in [2.45, 2.75) is 19.5 Å². The summed E-state index contributed by atoms with van der Waals surface area (Å²) in [6.07, 6.45) is 1.64. The summed E-state index contributed by atoms with van der Waals surface area (Å²) in [4.78, 5) is 10.8. The number of aromatic carboxylic acids is 1. The van der Waals surface area contributed by atoms with Crippen LogP contribution in [0.4, 0.5) is 0 Å². The molecule has 0 spiro atoms. The first-order valence-corrected chi connectivity index (χ1v) is 5.76. The highest BCUT2D eigenvalue weighted by Gasteiger charge is 2.08. The van der Waals surface area contributed by atoms with Gasteiger partial charge in [-0.05, 0) is 36.8 Å². The lowest BCUT2D eigenvalue weighted by Gasteiger charge is -2.11. The van der Waals surface area contributed by atoms with E-state index in [0.717, 1.165) is 11.3 Å². The highest BCUT2D eigenvalue weighted by Crippen LogP contribution is 2.13. The van der Waals surface area contributed by atoms with Crippen LogP contribution in [0.15, 0.2) is 47.1 Å². The summed E-state index contributed by atoms with van der Waals surface area (Å²) >= 11 is 0. The molecule has 0 aliphatic heterocycles. The van der Waals surface area contributed by atoms with E-state index in [4.69, 9.17) is 9.52 Å². The maximum Gasteiger partial charge on any atom is 0.335 e. The van der Waals surface area contributed by atoms with Crippen molar-refractivity contribution < 1.29 is 14.3 Å². The molecule has 0 bridgehead atoms. The number of carboxylic acid groups (broad SMARTS) is 1. The van der Waals surface area contributed by atoms with Crippen LogP contribution in [-0.4, -0.2) is 11.1 Å². The minimum Gasteiger partial charge on any atom is -0.478 e. The average molecular weight is 245 g/mol. The van der Waals surface area contributed by atoms with Gasteiger partial charge in [0.25, 0.3) is 0 Å². The van der Waals surface area contributed by atoms with Crippen molar-refractivity contribution in [2.75, 3.05) is 0 Å². The first-order valence-electron chi connectivity index (χ1n) is 5.76. The normalized spacial score (nSPS) is 12.3. The van der Waals surface area contributed by atoms with E-state index in [-0.39, 0.29) is 6.04 Å². The Morgan fingerprint density at radius 2 is 2.22 bits per heavy atom. The zero-order valence-corrected chi connectivity index (χ0v) is 10.1. The van der Waals surface area contributed by atoms with Crippen LogP contribution < -0.4 is 5.32 Å². The molecule has 0 radical (unpaired) electrons. The van der Waals surface area contributed by atoms with E-state index in [2.05, 4.69) is 5.32 Å². The molecule has 1 aromatic heterocycles. The first kappa shape index (κ1) is 12.4. The molecule has 0 aliphatic carbocycles. The van der Waals surface area contributed by atoms with E-state index in [1.807, 2.05) is 25.1 Å². The van der Waals surface area contributed by atoms with Gasteiger partial charge in [-0.1, -0.05) is 12.1 Å². The Morgan fingerprint density at radius 1 is 1.39 bits per heavy atom. The molecular formula is C14H15NO3. The molecule has 18 heavy (non-hydrogen) atoms. The lowest BCUT2D eigenvalue weighted by molar-refractivity contribution is 0.0696. The summed E-state index contributed by atoms with van der Waals surface area (Å²) in [7, 11) is 0. The Kier molecular flexibility index (Phi) is 3.79. The van der Waals surface area contributed by atoms with Gasteiger partial charge in [-0.3, -0.25) is 0 Å². The van der Waals surface area contributed by atoms with E-state index < -0.39 is 5.97 Å². The van der Waals surface area contributed by atoms with Crippen LogP contribution in [0.25, 0.3) is 0 Å². The summed E-state index contributed by atoms with van der Waals surface area (Å²) in [5, 5.41) is 12.2. The van der Waals surface area contributed by atoms with Crippen molar-refractivity contribution in [3.05, 3.63) is 59.5 Å². The molecule has 0 amide bonds. The summed E-state index contributed by atoms with van der Waals surface area (Å²) in [6, 6.07) is 10.7. The molecular weight excluding hydrogens is 230 g/mol. The van der Waals surface area contributed by atoms with E-state index in [1.54, 1.807) is 24.5 Å². The highest BCUT2D eigenvalue weighted by atomic mass is 16.4. The predicted molar refractivity (Wildman–Crippen MR) is 67.4 cm³/mol. The minimum absolute atomic E-state index is 0.0912. The Bertz CT molecular complexity index is 520. The smallest absolute Gasteiger partial charge is 0.335 e. The van der Waals surface area contributed by atoms with Gasteiger partial charge >= 0.3 is 5.97 Å². The fourth-order valence-electron chi connectivity index (χ4n) is 1.72. The quantitative estimate of drug-likeness (QED) is 0.850. The molecule has 1 aromatic carbocycles. The first-order chi connectivity index (χ1) is 8.66. The predicted octanol–water partition coefficient (Wildman–Crippen LogP) is 2.83. The molecule has 4 heteroatoms. The van der Waals surface area contributed by atoms with Crippen LogP contribution >= 0.6 is 0 Å². The fourth-order valence-corrected chi connectivity index (χ4v) is 1.72. The van der Waals surface area contributed by atoms with Crippen LogP contribution in [0.2, 0.25) is 0 Å². The monoisotopic (exact) mass is 245 g/mol. The number of carbonyl (C=O) groups is 1. The van der Waals surface area contributed by atoms with Gasteiger partial charge in [-0.25, -0.2) is 4.79 Å². The lowest BCUT2D eigenvalue weighted by Crippen LogP contribution is -2.17. The third-order valence-electron chi connectivity index (χ3n) is 2.76. The second kappa shape index (κ2) is 5.51. The van der Waals surface area contributed by atoms with E-state index in [1.165, 1.54) is 0 Å². The van der Waals surface area contributed by atoms with Gasteiger partial charge in [-0.15, -0.1) is 0 Å². The second-order valence-corrected chi connectivity index (χ2v) is 4.12. The molecule has 4 nitrogen and oxygen atoms in total. The maximum absolute atomic E-state index is 10.8. The average Bonchev–Trinajstić information content (AvgIpc) is 2.90. The minimum atomic E-state index is -0.907. The molecule has 0 fully saturated rings. The maximum atomic E-state index is 10.8. The molecule has 94 valence electrons. The zero-order valence-electron chi connectivity index (χ0n) is 10.1. The fraction of sp³-hybridized carbons (Fsp3) is 0.214. The molecule has 1 atom stereocenters. The van der Waals surface area contributed by atoms with Gasteiger partial charge in [0.1, 0.15) is 5.76 Å². The third-order valence-corrected chi connectivity index (χ3v) is 2.76. The summed E-state index contributed by atoms with van der Waals surface area (Å²) in [5.41, 5.74) is 1.24. The highest BCUT2D eigenvalue weighted by molar-refractivity contribution is 5.87. The summed E-state index contributed by atoms with van der Waals surface area (Å²) in [5.74, 6) is -0.0414. The van der Waals surface area contributed by atoms with Gasteiger partial charge in [-0.2, -0.15) is 0 Å². The number of benzene rings is 1. The summed E-state index contributed by atoms with van der Waals surface area (Å²) in [6.45, 7) is 2.60. The third kappa shape index (κ3) is 2.99. The molecule has 2 rings (SSSR count). The molecule has 1 heterocycles. The number of hydrogen-bond donors (Lipinski definition) is 2. The number of carboxylic acids is 1. The molecule has 2 aromatic rings. The van der Waals surface area contributed by atoms with Crippen LogP contribution in [0.1, 0.15) is 34.6 Å². The number of nitrogens with one attached hydrogen (secondary N) is 1. The SMILES string of the molecule is C[C@H](NCc1cccc(C(=O)O)c1)c1ccco1. The Hall–Kier alpha value is -2.07. The van der Waals surface area contributed by atoms with Crippen molar-refractivity contribution in [1.82, 2.24) is 5.32 Å². The van der Waals surface area contributed by atoms with Crippen molar-refractivity contribution >= 4 is 5.97 Å². The van der Waals surface area contributed by atoms with E-state index in [9.17, 15) is 4.79 Å². The Labute approximate surface area is 105 Å². The van der Waals surface area contributed by atoms with Crippen molar-refractivity contribution in [3.63, 3.8) is 0 Å². The van der Waals surface area contributed by atoms with Crippen molar-refractivity contribution in [3.8, 4) is 0 Å². The Balaban J connectivity index is 1.98. The van der Waals surface area contributed by atoms with Crippen LogP contribution in [0.5, 0.6) is 0 Å². The standard InChI is InChI=1S/C14H15NO3/c1-10(13-6-3-7-18-13)15-9-11-4-2-5-12(8-11)14(16)17/h2-8,10,15H,9H2,1H3,(H,16,17)/t10-/m0/s1. The van der Waals surface area contributed by atoms with Crippen LogP contribution in [0.3, 0.4) is 0 Å². The molecule has 0 saturated heterocycles. The van der Waals surface area contributed by atoms with Crippen LogP contribution in [0, 0.1) is 0 Å². The molecule has 0 aliphatic rings. The van der Waals surface area contributed by atoms with Gasteiger partial charge in [0.2, 0.25) is 0 Å². The zero-order chi connectivity index (χ0) is 13.0. The van der Waals surface area contributed by atoms with E-state index in [0.29, 0.717) is 12.1 Å². The van der Waals surface area contributed by atoms with Gasteiger partial charge in [0.05, 0.1) is 17.9 Å². The van der Waals surface area contributed by atoms with Crippen LogP contribution in [-0.2, 0) is 6.54 Å². The second-order valence-electron chi connectivity index (χ2n) is 4.12. The van der Waals surface area contributed by atoms with Gasteiger partial charge < -0.3 is 14.8 Å². The van der Waals surface area contributed by atoms with Gasteiger partial charge in [0.15, 0.2) is 0 Å². The molecule has 0 saturated carbocycles.